The second kappa shape index (κ2) is 12.8. The molecule has 15 nitrogen and oxygen atoms in total. The van der Waals surface area contributed by atoms with Crippen LogP contribution in [-0.2, 0) is 39.3 Å². The number of carbonyl (C=O) groups is 2. The number of hydrogen-bond acceptors (Lipinski definition) is 13. The van der Waals surface area contributed by atoms with Gasteiger partial charge in [0.1, 0.15) is 23.7 Å². The first-order chi connectivity index (χ1) is 20.7. The molecule has 43 heavy (non-hydrogen) atoms. The SMILES string of the molecule is CO/C(=C\c1ccc(O)cc1)C(=O)O[C@@H]1[C@H](OC(=O)/C=C/c2cnc[nH]2)[C@@H](C[S@@](C)=O)O[C@H]1n1cnc2c(N)ncnc21. The smallest absolute Gasteiger partial charge is 0.374 e. The van der Waals surface area contributed by atoms with Gasteiger partial charge in [-0.3, -0.25) is 8.78 Å². The Balaban J connectivity index is 1.51. The lowest BCUT2D eigenvalue weighted by atomic mass is 10.1. The number of aromatic amines is 1. The van der Waals surface area contributed by atoms with Crippen molar-refractivity contribution in [1.29, 1.82) is 0 Å². The van der Waals surface area contributed by atoms with Gasteiger partial charge in [0.2, 0.25) is 5.76 Å². The van der Waals surface area contributed by atoms with Crippen molar-refractivity contribution < 1.29 is 37.9 Å². The van der Waals surface area contributed by atoms with Crippen LogP contribution in [0.15, 0.2) is 61.3 Å². The van der Waals surface area contributed by atoms with Gasteiger partial charge in [-0.1, -0.05) is 12.1 Å². The standard InChI is InChI=1S/C27H27N7O8S/c1-39-18(9-15-3-6-17(35)7-4-15)27(37)42-23-22(41-20(36)8-5-16-10-29-12-30-16)19(11-43(2)38)40-26(23)34-14-33-21-24(28)31-13-32-25(21)34/h3-10,12-14,19,22-23,26,35H,11H2,1-2H3,(H,29,30)(H2,28,31,32)/b8-5+,18-9-/t19-,22-,23-,26-,43-/m1/s1. The summed E-state index contributed by atoms with van der Waals surface area (Å²) in [5.74, 6) is -1.74. The molecule has 16 heteroatoms. The summed E-state index contributed by atoms with van der Waals surface area (Å²) in [6, 6.07) is 6.05. The fourth-order valence-corrected chi connectivity index (χ4v) is 5.15. The van der Waals surface area contributed by atoms with Gasteiger partial charge in [-0.25, -0.2) is 29.5 Å². The van der Waals surface area contributed by atoms with Crippen molar-refractivity contribution in [1.82, 2.24) is 29.5 Å². The Kier molecular flexibility index (Phi) is 8.77. The molecule has 5 atom stereocenters. The Labute approximate surface area is 246 Å². The largest absolute Gasteiger partial charge is 0.508 e. The highest BCUT2D eigenvalue weighted by Gasteiger charge is 2.51. The average molecular weight is 610 g/mol. The van der Waals surface area contributed by atoms with E-state index in [1.165, 1.54) is 73.5 Å². The maximum atomic E-state index is 13.5. The number of nitrogens with two attached hydrogens (primary N) is 1. The minimum absolute atomic E-state index is 0.0446. The fourth-order valence-electron chi connectivity index (χ4n) is 4.42. The van der Waals surface area contributed by atoms with E-state index in [4.69, 9.17) is 24.7 Å². The monoisotopic (exact) mass is 609 g/mol. The van der Waals surface area contributed by atoms with E-state index in [-0.39, 0.29) is 34.2 Å². The van der Waals surface area contributed by atoms with E-state index in [9.17, 15) is 18.9 Å². The number of rotatable bonds is 10. The molecule has 3 aromatic heterocycles. The summed E-state index contributed by atoms with van der Waals surface area (Å²) in [5.41, 5.74) is 7.61. The molecule has 0 amide bonds. The molecule has 5 rings (SSSR count). The Bertz CT molecular complexity index is 1690. The zero-order chi connectivity index (χ0) is 30.5. The van der Waals surface area contributed by atoms with E-state index < -0.39 is 47.3 Å². The van der Waals surface area contributed by atoms with Crippen LogP contribution in [0.25, 0.3) is 23.3 Å². The molecule has 1 aliphatic heterocycles. The van der Waals surface area contributed by atoms with Crippen molar-refractivity contribution in [2.75, 3.05) is 24.9 Å². The third-order valence-corrected chi connectivity index (χ3v) is 7.17. The number of esters is 2. The van der Waals surface area contributed by atoms with Crippen LogP contribution in [0.4, 0.5) is 5.82 Å². The Morgan fingerprint density at radius 3 is 2.67 bits per heavy atom. The summed E-state index contributed by atoms with van der Waals surface area (Å²) in [5, 5.41) is 9.58. The number of nitrogen functional groups attached to an aromatic ring is 1. The van der Waals surface area contributed by atoms with Crippen molar-refractivity contribution in [3.63, 3.8) is 0 Å². The highest BCUT2D eigenvalue weighted by Crippen LogP contribution is 2.37. The van der Waals surface area contributed by atoms with Crippen molar-refractivity contribution in [3.8, 4) is 5.75 Å². The van der Waals surface area contributed by atoms with Gasteiger partial charge in [0.15, 0.2) is 29.9 Å². The third kappa shape index (κ3) is 6.70. The maximum Gasteiger partial charge on any atom is 0.374 e. The number of imidazole rings is 2. The van der Waals surface area contributed by atoms with Gasteiger partial charge >= 0.3 is 11.9 Å². The van der Waals surface area contributed by atoms with Gasteiger partial charge in [0.25, 0.3) is 0 Å². The molecule has 4 heterocycles. The van der Waals surface area contributed by atoms with Crippen LogP contribution in [0.2, 0.25) is 0 Å². The normalized spacial score (nSPS) is 21.2. The number of aromatic nitrogens is 6. The van der Waals surface area contributed by atoms with E-state index in [2.05, 4.69) is 24.9 Å². The summed E-state index contributed by atoms with van der Waals surface area (Å²) in [4.78, 5) is 45.6. The molecule has 4 aromatic rings. The number of carbonyl (C=O) groups excluding carboxylic acids is 2. The molecule has 224 valence electrons. The summed E-state index contributed by atoms with van der Waals surface area (Å²) < 4.78 is 37.0. The third-order valence-electron chi connectivity index (χ3n) is 6.37. The molecule has 1 fully saturated rings. The number of methoxy groups -OCH3 is 1. The van der Waals surface area contributed by atoms with Crippen LogP contribution < -0.4 is 5.73 Å². The summed E-state index contributed by atoms with van der Waals surface area (Å²) in [6.07, 6.45) is 6.54. The Hall–Kier alpha value is -5.09. The highest BCUT2D eigenvalue weighted by atomic mass is 32.2. The first kappa shape index (κ1) is 29.4. The number of aromatic hydroxyl groups is 1. The summed E-state index contributed by atoms with van der Waals surface area (Å²) in [6.45, 7) is 0. The van der Waals surface area contributed by atoms with Crippen LogP contribution >= 0.6 is 0 Å². The van der Waals surface area contributed by atoms with E-state index in [0.29, 0.717) is 11.3 Å². The predicted molar refractivity (Wildman–Crippen MR) is 153 cm³/mol. The van der Waals surface area contributed by atoms with Crippen molar-refractivity contribution >= 4 is 51.9 Å². The van der Waals surface area contributed by atoms with E-state index in [1.807, 2.05) is 0 Å². The number of phenols is 1. The predicted octanol–water partition coefficient (Wildman–Crippen LogP) is 1.34. The second-order valence-corrected chi connectivity index (χ2v) is 10.8. The van der Waals surface area contributed by atoms with Gasteiger partial charge in [0.05, 0.1) is 37.4 Å². The molecular weight excluding hydrogens is 582 g/mol. The number of ether oxygens (including phenoxy) is 4. The molecule has 1 aromatic carbocycles. The Morgan fingerprint density at radius 2 is 1.98 bits per heavy atom. The van der Waals surface area contributed by atoms with Crippen LogP contribution in [0, 0.1) is 0 Å². The molecule has 0 bridgehead atoms. The summed E-state index contributed by atoms with van der Waals surface area (Å²) >= 11 is 0. The lowest BCUT2D eigenvalue weighted by Crippen LogP contribution is -2.41. The number of nitrogens with one attached hydrogen (secondary N) is 1. The zero-order valence-electron chi connectivity index (χ0n) is 22.9. The summed E-state index contributed by atoms with van der Waals surface area (Å²) in [7, 11) is -0.101. The lowest BCUT2D eigenvalue weighted by Gasteiger charge is -2.24. The maximum absolute atomic E-state index is 13.5. The van der Waals surface area contributed by atoms with E-state index in [1.54, 1.807) is 12.1 Å². The molecule has 0 radical (unpaired) electrons. The van der Waals surface area contributed by atoms with Crippen molar-refractivity contribution in [2.45, 2.75) is 24.5 Å². The van der Waals surface area contributed by atoms with Crippen molar-refractivity contribution in [3.05, 3.63) is 72.5 Å². The molecule has 1 saturated heterocycles. The number of phenolic OH excluding ortho intramolecular Hbond substituents is 1. The number of H-pyrrole nitrogens is 1. The topological polar surface area (TPSA) is 207 Å². The molecule has 1 aliphatic rings. The van der Waals surface area contributed by atoms with Gasteiger partial charge < -0.3 is 34.8 Å². The molecule has 0 saturated carbocycles. The second-order valence-electron chi connectivity index (χ2n) is 9.30. The van der Waals surface area contributed by atoms with Gasteiger partial charge in [-0.2, -0.15) is 0 Å². The zero-order valence-corrected chi connectivity index (χ0v) is 23.7. The number of anilines is 1. The number of nitrogens with zero attached hydrogens (tertiary/aromatic N) is 5. The average Bonchev–Trinajstić information content (AvgIpc) is 3.72. The number of benzene rings is 1. The molecule has 0 unspecified atom stereocenters. The minimum Gasteiger partial charge on any atom is -0.508 e. The number of hydrogen-bond donors (Lipinski definition) is 3. The number of fused-ring (bicyclic) bond motifs is 1. The quantitative estimate of drug-likeness (QED) is 0.132. The Morgan fingerprint density at radius 1 is 1.19 bits per heavy atom. The molecule has 0 spiro atoms. The van der Waals surface area contributed by atoms with Gasteiger partial charge in [-0.05, 0) is 29.8 Å². The lowest BCUT2D eigenvalue weighted by molar-refractivity contribution is -0.164. The van der Waals surface area contributed by atoms with Crippen LogP contribution in [-0.4, -0.2) is 88.2 Å². The molecular formula is C27H27N7O8S. The van der Waals surface area contributed by atoms with Gasteiger partial charge in [0, 0.05) is 23.1 Å². The first-order valence-corrected chi connectivity index (χ1v) is 14.5. The van der Waals surface area contributed by atoms with E-state index in [0.717, 1.165) is 0 Å². The fraction of sp³-hybridized carbons (Fsp3) is 0.259. The highest BCUT2D eigenvalue weighted by molar-refractivity contribution is 7.84. The van der Waals surface area contributed by atoms with Crippen LogP contribution in [0.3, 0.4) is 0 Å². The minimum atomic E-state index is -1.39. The van der Waals surface area contributed by atoms with E-state index >= 15 is 0 Å². The van der Waals surface area contributed by atoms with Crippen molar-refractivity contribution in [2.24, 2.45) is 0 Å². The van der Waals surface area contributed by atoms with Crippen LogP contribution in [0.5, 0.6) is 5.75 Å². The van der Waals surface area contributed by atoms with Crippen LogP contribution in [0.1, 0.15) is 17.5 Å². The molecule has 0 aliphatic carbocycles. The first-order valence-electron chi connectivity index (χ1n) is 12.7. The molecule has 4 N–H and O–H groups in total. The van der Waals surface area contributed by atoms with Gasteiger partial charge in [-0.15, -0.1) is 0 Å².